The zero-order valence-corrected chi connectivity index (χ0v) is 11.7. The SMILES string of the molecule is CNCCN(C)Cc1c(Br)cnn1C.Cl. The molecule has 0 aliphatic carbocycles. The van der Waals surface area contributed by atoms with Gasteiger partial charge in [-0.15, -0.1) is 12.4 Å². The fourth-order valence-corrected chi connectivity index (χ4v) is 1.72. The average Bonchev–Trinajstić information content (AvgIpc) is 2.46. The first kappa shape index (κ1) is 14.9. The monoisotopic (exact) mass is 296 g/mol. The normalized spacial score (nSPS) is 10.5. The minimum atomic E-state index is 0. The van der Waals surface area contributed by atoms with Gasteiger partial charge in [0.1, 0.15) is 0 Å². The molecule has 0 unspecified atom stereocenters. The lowest BCUT2D eigenvalue weighted by molar-refractivity contribution is 0.318. The highest BCUT2D eigenvalue weighted by Crippen LogP contribution is 2.16. The van der Waals surface area contributed by atoms with E-state index in [1.165, 1.54) is 5.69 Å². The number of hydrogen-bond acceptors (Lipinski definition) is 3. The molecule has 0 spiro atoms. The zero-order chi connectivity index (χ0) is 10.6. The summed E-state index contributed by atoms with van der Waals surface area (Å²) in [7, 11) is 6.04. The van der Waals surface area contributed by atoms with E-state index in [-0.39, 0.29) is 12.4 Å². The molecule has 0 bridgehead atoms. The number of nitrogens with one attached hydrogen (secondary N) is 1. The highest BCUT2D eigenvalue weighted by atomic mass is 79.9. The number of likely N-dealkylation sites (N-methyl/N-ethyl adjacent to an activating group) is 2. The largest absolute Gasteiger partial charge is 0.318 e. The Labute approximate surface area is 106 Å². The second-order valence-electron chi connectivity index (χ2n) is 3.40. The molecule has 1 heterocycles. The van der Waals surface area contributed by atoms with Gasteiger partial charge in [0, 0.05) is 26.7 Å². The van der Waals surface area contributed by atoms with E-state index in [2.05, 4.69) is 38.3 Å². The van der Waals surface area contributed by atoms with Crippen molar-refractivity contribution in [2.75, 3.05) is 27.2 Å². The van der Waals surface area contributed by atoms with Crippen molar-refractivity contribution in [3.05, 3.63) is 16.4 Å². The van der Waals surface area contributed by atoms with Crippen LogP contribution in [-0.4, -0.2) is 41.9 Å². The molecule has 88 valence electrons. The van der Waals surface area contributed by atoms with Gasteiger partial charge in [0.15, 0.2) is 0 Å². The van der Waals surface area contributed by atoms with E-state index >= 15 is 0 Å². The molecule has 1 rings (SSSR count). The summed E-state index contributed by atoms with van der Waals surface area (Å²) >= 11 is 3.49. The number of aromatic nitrogens is 2. The molecular formula is C9H18BrClN4. The topological polar surface area (TPSA) is 33.1 Å². The second-order valence-corrected chi connectivity index (χ2v) is 4.26. The van der Waals surface area contributed by atoms with Crippen molar-refractivity contribution < 1.29 is 0 Å². The molecule has 0 aliphatic heterocycles. The van der Waals surface area contributed by atoms with Crippen LogP contribution in [0.5, 0.6) is 0 Å². The predicted octanol–water partition coefficient (Wildman–Crippen LogP) is 1.26. The first-order valence-corrected chi connectivity index (χ1v) is 5.44. The number of aryl methyl sites for hydroxylation is 1. The van der Waals surface area contributed by atoms with E-state index in [1.54, 1.807) is 0 Å². The maximum absolute atomic E-state index is 4.18. The summed E-state index contributed by atoms with van der Waals surface area (Å²) in [5.74, 6) is 0. The van der Waals surface area contributed by atoms with Crippen LogP contribution in [0.2, 0.25) is 0 Å². The van der Waals surface area contributed by atoms with E-state index in [0.717, 1.165) is 24.1 Å². The van der Waals surface area contributed by atoms with Gasteiger partial charge in [0.2, 0.25) is 0 Å². The first-order chi connectivity index (χ1) is 6.65. The highest BCUT2D eigenvalue weighted by Gasteiger charge is 2.08. The summed E-state index contributed by atoms with van der Waals surface area (Å²) in [6.07, 6.45) is 1.83. The molecule has 0 aliphatic rings. The van der Waals surface area contributed by atoms with Crippen molar-refractivity contribution >= 4 is 28.3 Å². The Hall–Kier alpha value is -0.100. The van der Waals surface area contributed by atoms with Crippen LogP contribution in [0.1, 0.15) is 5.69 Å². The lowest BCUT2D eigenvalue weighted by Gasteiger charge is -2.16. The fraction of sp³-hybridized carbons (Fsp3) is 0.667. The summed E-state index contributed by atoms with van der Waals surface area (Å²) < 4.78 is 2.98. The lowest BCUT2D eigenvalue weighted by atomic mass is 10.4. The molecule has 1 aromatic rings. The number of nitrogens with zero attached hydrogens (tertiary/aromatic N) is 3. The third kappa shape index (κ3) is 4.51. The molecule has 0 radical (unpaired) electrons. The number of halogens is 2. The molecule has 0 saturated carbocycles. The Bertz CT molecular complexity index is 270. The van der Waals surface area contributed by atoms with Crippen molar-refractivity contribution in [2.24, 2.45) is 7.05 Å². The maximum Gasteiger partial charge on any atom is 0.0663 e. The minimum absolute atomic E-state index is 0. The molecular weight excluding hydrogens is 279 g/mol. The molecule has 0 fully saturated rings. The predicted molar refractivity (Wildman–Crippen MR) is 68.4 cm³/mol. The fourth-order valence-electron chi connectivity index (χ4n) is 1.25. The minimum Gasteiger partial charge on any atom is -0.318 e. The van der Waals surface area contributed by atoms with E-state index in [1.807, 2.05) is 25.0 Å². The van der Waals surface area contributed by atoms with Gasteiger partial charge >= 0.3 is 0 Å². The third-order valence-electron chi connectivity index (χ3n) is 2.17. The van der Waals surface area contributed by atoms with Crippen molar-refractivity contribution in [3.63, 3.8) is 0 Å². The van der Waals surface area contributed by atoms with Gasteiger partial charge < -0.3 is 5.32 Å². The van der Waals surface area contributed by atoms with Gasteiger partial charge in [0.05, 0.1) is 16.4 Å². The van der Waals surface area contributed by atoms with Crippen LogP contribution in [-0.2, 0) is 13.6 Å². The Morgan fingerprint density at radius 2 is 2.27 bits per heavy atom. The van der Waals surface area contributed by atoms with Gasteiger partial charge in [-0.1, -0.05) is 0 Å². The van der Waals surface area contributed by atoms with Crippen molar-refractivity contribution in [1.82, 2.24) is 20.0 Å². The van der Waals surface area contributed by atoms with E-state index < -0.39 is 0 Å². The average molecular weight is 298 g/mol. The lowest BCUT2D eigenvalue weighted by Crippen LogP contribution is -2.27. The Balaban J connectivity index is 0.00000196. The maximum atomic E-state index is 4.18. The Kier molecular flexibility index (Phi) is 7.17. The summed E-state index contributed by atoms with van der Waals surface area (Å²) in [4.78, 5) is 2.26. The van der Waals surface area contributed by atoms with Crippen LogP contribution < -0.4 is 5.32 Å². The second kappa shape index (κ2) is 7.22. The highest BCUT2D eigenvalue weighted by molar-refractivity contribution is 9.10. The molecule has 4 nitrogen and oxygen atoms in total. The Morgan fingerprint density at radius 1 is 1.60 bits per heavy atom. The molecule has 0 atom stereocenters. The molecule has 15 heavy (non-hydrogen) atoms. The van der Waals surface area contributed by atoms with Gasteiger partial charge in [-0.25, -0.2) is 0 Å². The van der Waals surface area contributed by atoms with E-state index in [4.69, 9.17) is 0 Å². The molecule has 0 aromatic carbocycles. The van der Waals surface area contributed by atoms with Crippen molar-refractivity contribution in [3.8, 4) is 0 Å². The smallest absolute Gasteiger partial charge is 0.0663 e. The Morgan fingerprint density at radius 3 is 2.73 bits per heavy atom. The summed E-state index contributed by atoms with van der Waals surface area (Å²) in [6, 6.07) is 0. The number of hydrogen-bond donors (Lipinski definition) is 1. The van der Waals surface area contributed by atoms with Crippen molar-refractivity contribution in [1.29, 1.82) is 0 Å². The molecule has 1 N–H and O–H groups in total. The summed E-state index contributed by atoms with van der Waals surface area (Å²) in [5.41, 5.74) is 1.21. The van der Waals surface area contributed by atoms with Gasteiger partial charge in [-0.2, -0.15) is 5.10 Å². The van der Waals surface area contributed by atoms with E-state index in [0.29, 0.717) is 0 Å². The third-order valence-corrected chi connectivity index (χ3v) is 2.84. The van der Waals surface area contributed by atoms with Crippen LogP contribution in [0.4, 0.5) is 0 Å². The van der Waals surface area contributed by atoms with Gasteiger partial charge in [-0.05, 0) is 30.0 Å². The van der Waals surface area contributed by atoms with Gasteiger partial charge in [0.25, 0.3) is 0 Å². The van der Waals surface area contributed by atoms with Crippen LogP contribution in [0, 0.1) is 0 Å². The molecule has 0 amide bonds. The van der Waals surface area contributed by atoms with Crippen molar-refractivity contribution in [2.45, 2.75) is 6.54 Å². The quantitative estimate of drug-likeness (QED) is 0.888. The summed E-state index contributed by atoms with van der Waals surface area (Å²) in [5, 5.41) is 7.31. The standard InChI is InChI=1S/C9H17BrN4.ClH/c1-11-4-5-13(2)7-9-8(10)6-12-14(9)3;/h6,11H,4-5,7H2,1-3H3;1H. The van der Waals surface area contributed by atoms with Crippen LogP contribution >= 0.6 is 28.3 Å². The molecule has 0 saturated heterocycles. The van der Waals surface area contributed by atoms with Crippen LogP contribution in [0.25, 0.3) is 0 Å². The molecule has 6 heteroatoms. The van der Waals surface area contributed by atoms with Crippen LogP contribution in [0.3, 0.4) is 0 Å². The van der Waals surface area contributed by atoms with Crippen LogP contribution in [0.15, 0.2) is 10.7 Å². The van der Waals surface area contributed by atoms with Gasteiger partial charge in [-0.3, -0.25) is 9.58 Å². The number of rotatable bonds is 5. The van der Waals surface area contributed by atoms with E-state index in [9.17, 15) is 0 Å². The zero-order valence-electron chi connectivity index (χ0n) is 9.33. The first-order valence-electron chi connectivity index (χ1n) is 4.64. The summed E-state index contributed by atoms with van der Waals surface area (Å²) in [6.45, 7) is 2.96. The molecule has 1 aromatic heterocycles.